The number of hydrogen-bond donors (Lipinski definition) is 4. The van der Waals surface area contributed by atoms with Gasteiger partial charge in [0.1, 0.15) is 29.9 Å². The number of ether oxygens (including phenoxy) is 1. The Morgan fingerprint density at radius 2 is 1.02 bits per heavy atom. The predicted octanol–water partition coefficient (Wildman–Crippen LogP) is 10.3. The highest BCUT2D eigenvalue weighted by Gasteiger charge is 2.24. The highest BCUT2D eigenvalue weighted by molar-refractivity contribution is 6.02. The van der Waals surface area contributed by atoms with Crippen molar-refractivity contribution in [2.75, 3.05) is 62.3 Å². The van der Waals surface area contributed by atoms with Crippen molar-refractivity contribution in [1.82, 2.24) is 16.0 Å². The van der Waals surface area contributed by atoms with Gasteiger partial charge in [-0.2, -0.15) is 36.6 Å². The molecule has 4 rings (SSSR count). The van der Waals surface area contributed by atoms with Crippen molar-refractivity contribution < 1.29 is 29.0 Å². The number of aliphatic hydroxyl groups excluding tert-OH is 1. The van der Waals surface area contributed by atoms with Crippen LogP contribution in [-0.4, -0.2) is 81.6 Å². The van der Waals surface area contributed by atoms with E-state index >= 15 is 0 Å². The number of rotatable bonds is 25. The molecule has 0 bridgehead atoms. The maximum atomic E-state index is 12.5. The van der Waals surface area contributed by atoms with Crippen LogP contribution in [0.15, 0.2) is 126 Å². The molecule has 0 spiro atoms. The minimum atomic E-state index is -0.694. The Morgan fingerprint density at radius 1 is 0.630 bits per heavy atom. The number of aliphatic hydroxyl groups is 1. The molecule has 0 aromatic heterocycles. The monoisotopic (exact) mass is 1090 g/mol. The SMILES string of the molecule is C.C=C(C)c1cccc(C(C)(C)N=C=O)c1.C=C(C)c1cccc(C(C)(C)NC(=O)OCCNC(=O)/C(C#N)=C/c2ccc(N(CCC#N)CCC#N)cc2)c1.N#CCCN(CCC#N)c1ccc(/C=C(\C#N)C(=O)NCCO)cc1. The van der Waals surface area contributed by atoms with Crippen LogP contribution in [0, 0.1) is 68.0 Å². The molecule has 0 heterocycles. The summed E-state index contributed by atoms with van der Waals surface area (Å²) in [4.78, 5) is 54.6. The molecule has 18 nitrogen and oxygen atoms in total. The summed E-state index contributed by atoms with van der Waals surface area (Å²) in [6, 6.07) is 42.0. The topological polar surface area (TPSA) is 295 Å². The number of hydrogen-bond acceptors (Lipinski definition) is 15. The normalized spacial score (nSPS) is 10.5. The van der Waals surface area contributed by atoms with Crippen LogP contribution in [0.3, 0.4) is 0 Å². The third-order valence-corrected chi connectivity index (χ3v) is 11.7. The summed E-state index contributed by atoms with van der Waals surface area (Å²) in [5.41, 5.74) is 7.53. The zero-order valence-electron chi connectivity index (χ0n) is 46.3. The Bertz CT molecular complexity index is 3090. The van der Waals surface area contributed by atoms with Gasteiger partial charge in [0, 0.05) is 44.1 Å². The fourth-order valence-electron chi connectivity index (χ4n) is 7.22. The van der Waals surface area contributed by atoms with Crippen LogP contribution < -0.4 is 25.8 Å². The maximum absolute atomic E-state index is 12.5. The lowest BCUT2D eigenvalue weighted by Gasteiger charge is -2.27. The summed E-state index contributed by atoms with van der Waals surface area (Å²) >= 11 is 0. The molecule has 0 atom stereocenters. The molecule has 81 heavy (non-hydrogen) atoms. The highest BCUT2D eigenvalue weighted by atomic mass is 16.5. The van der Waals surface area contributed by atoms with Crippen molar-refractivity contribution in [3.05, 3.63) is 155 Å². The Labute approximate surface area is 477 Å². The molecule has 3 amide bonds. The van der Waals surface area contributed by atoms with Crippen LogP contribution in [0.4, 0.5) is 16.2 Å². The first-order valence-corrected chi connectivity index (χ1v) is 25.4. The molecule has 0 radical (unpaired) electrons. The summed E-state index contributed by atoms with van der Waals surface area (Å²) in [7, 11) is 0. The highest BCUT2D eigenvalue weighted by Crippen LogP contribution is 2.27. The smallest absolute Gasteiger partial charge is 0.407 e. The molecule has 0 unspecified atom stereocenters. The molecule has 4 aromatic carbocycles. The van der Waals surface area contributed by atoms with Crippen molar-refractivity contribution in [1.29, 1.82) is 31.6 Å². The molecular weight excluding hydrogens is 1020 g/mol. The number of isocyanates is 1. The van der Waals surface area contributed by atoms with E-state index in [1.54, 1.807) is 30.3 Å². The zero-order valence-corrected chi connectivity index (χ0v) is 46.3. The van der Waals surface area contributed by atoms with Gasteiger partial charge in [-0.05, 0) is 123 Å². The van der Waals surface area contributed by atoms with Crippen molar-refractivity contribution in [2.24, 2.45) is 4.99 Å². The van der Waals surface area contributed by atoms with Gasteiger partial charge in [0.25, 0.3) is 11.8 Å². The molecule has 0 aliphatic heterocycles. The van der Waals surface area contributed by atoms with Crippen LogP contribution in [0.1, 0.15) is 108 Å². The van der Waals surface area contributed by atoms with Gasteiger partial charge in [-0.15, -0.1) is 0 Å². The second-order valence-electron chi connectivity index (χ2n) is 18.7. The number of anilines is 2. The quantitative estimate of drug-likeness (QED) is 0.0158. The summed E-state index contributed by atoms with van der Waals surface area (Å²) in [5.74, 6) is -1.12. The molecule has 4 N–H and O–H groups in total. The average molecular weight is 1090 g/mol. The van der Waals surface area contributed by atoms with Crippen molar-refractivity contribution in [3.8, 4) is 36.4 Å². The number of carbonyl (C=O) groups excluding carboxylic acids is 4. The lowest BCUT2D eigenvalue weighted by Crippen LogP contribution is -2.42. The number of carbonyl (C=O) groups is 3. The summed E-state index contributed by atoms with van der Waals surface area (Å²) in [6.45, 7) is 21.1. The summed E-state index contributed by atoms with van der Waals surface area (Å²) in [6.07, 6.45) is 5.28. The predicted molar refractivity (Wildman–Crippen MR) is 316 cm³/mol. The van der Waals surface area contributed by atoms with Crippen LogP contribution >= 0.6 is 0 Å². The van der Waals surface area contributed by atoms with E-state index < -0.39 is 29.0 Å². The standard InChI is InChI=1S/C31H34N6O3.C18H19N5O2.C13H15NO.CH4/c1-23(2)25-8-5-9-27(21-25)31(3,4)36-30(39)40-19-16-35-29(38)26(22-34)20-24-10-12-28(13-11-24)37(17-6-14-32)18-7-15-33;19-7-1-10-23(11-2-8-20)17-5-3-15(4-6-17)13-16(14-21)18(25)22-9-12-24;1-10(2)11-6-5-7-12(8-11)13(3,4)14-9-15;/h5,8-13,20-21H,1,6-7,16-19H2,2-4H3,(H,35,38)(H,36,39);3-6,13,24H,1-2,9-12H2,(H,22,25);5-8H,1H2,2-4H3;1H4/b26-20+;16-13+;;. The van der Waals surface area contributed by atoms with E-state index in [1.807, 2.05) is 136 Å². The molecular formula is C63H72N12O6. The second kappa shape index (κ2) is 36.9. The second-order valence-corrected chi connectivity index (χ2v) is 18.7. The number of alkyl carbamates (subject to hydrolysis) is 1. The lowest BCUT2D eigenvalue weighted by atomic mass is 9.92. The molecule has 0 aliphatic rings. The first-order chi connectivity index (χ1) is 38.2. The summed E-state index contributed by atoms with van der Waals surface area (Å²) < 4.78 is 5.22. The third-order valence-electron chi connectivity index (χ3n) is 11.7. The maximum Gasteiger partial charge on any atom is 0.407 e. The number of benzene rings is 4. The van der Waals surface area contributed by atoms with Crippen LogP contribution in [-0.2, 0) is 30.2 Å². The van der Waals surface area contributed by atoms with Gasteiger partial charge >= 0.3 is 6.09 Å². The fourth-order valence-corrected chi connectivity index (χ4v) is 7.22. The van der Waals surface area contributed by atoms with E-state index in [1.165, 1.54) is 12.2 Å². The van der Waals surface area contributed by atoms with E-state index in [0.29, 0.717) is 63.0 Å². The Hall–Kier alpha value is -10.1. The van der Waals surface area contributed by atoms with E-state index in [-0.39, 0.29) is 44.9 Å². The van der Waals surface area contributed by atoms with E-state index in [4.69, 9.17) is 36.2 Å². The fraction of sp³-hybridized carbons (Fsp3) is 0.333. The Morgan fingerprint density at radius 3 is 1.40 bits per heavy atom. The minimum Gasteiger partial charge on any atom is -0.448 e. The molecule has 4 aromatic rings. The van der Waals surface area contributed by atoms with Gasteiger partial charge in [0.15, 0.2) is 0 Å². The first-order valence-electron chi connectivity index (χ1n) is 25.4. The van der Waals surface area contributed by atoms with Gasteiger partial charge in [-0.3, -0.25) is 9.59 Å². The van der Waals surface area contributed by atoms with E-state index in [2.05, 4.69) is 58.4 Å². The van der Waals surface area contributed by atoms with Crippen molar-refractivity contribution in [3.63, 3.8) is 0 Å². The largest absolute Gasteiger partial charge is 0.448 e. The van der Waals surface area contributed by atoms with Crippen molar-refractivity contribution in [2.45, 2.75) is 85.7 Å². The lowest BCUT2D eigenvalue weighted by molar-refractivity contribution is -0.118. The molecule has 0 fully saturated rings. The number of aliphatic imine (C=N–C) groups is 1. The van der Waals surface area contributed by atoms with Crippen LogP contribution in [0.25, 0.3) is 23.3 Å². The number of amides is 3. The molecule has 0 saturated heterocycles. The van der Waals surface area contributed by atoms with Gasteiger partial charge in [-0.25, -0.2) is 9.59 Å². The zero-order chi connectivity index (χ0) is 59.5. The first kappa shape index (κ1) is 68.9. The molecule has 0 saturated carbocycles. The number of nitriles is 6. The van der Waals surface area contributed by atoms with Gasteiger partial charge in [-0.1, -0.05) is 92.4 Å². The number of nitrogens with zero attached hydrogens (tertiary/aromatic N) is 9. The molecule has 18 heteroatoms. The van der Waals surface area contributed by atoms with Crippen LogP contribution in [0.5, 0.6) is 0 Å². The Balaban J connectivity index is 0.000000678. The van der Waals surface area contributed by atoms with E-state index in [0.717, 1.165) is 44.8 Å². The molecule has 420 valence electrons. The third kappa shape index (κ3) is 24.9. The van der Waals surface area contributed by atoms with Gasteiger partial charge in [0.2, 0.25) is 6.08 Å². The van der Waals surface area contributed by atoms with Gasteiger partial charge in [0.05, 0.1) is 74.2 Å². The Kier molecular flexibility index (Phi) is 31.4. The average Bonchev–Trinajstić information content (AvgIpc) is 3.48. The van der Waals surface area contributed by atoms with Crippen molar-refractivity contribution >= 4 is 58.7 Å². The van der Waals surface area contributed by atoms with Gasteiger partial charge < -0.3 is 35.6 Å². The number of allylic oxidation sites excluding steroid dienone is 2. The van der Waals surface area contributed by atoms with Crippen LogP contribution in [0.2, 0.25) is 0 Å². The minimum absolute atomic E-state index is 0. The molecule has 0 aliphatic carbocycles. The number of nitrogens with one attached hydrogen (secondary N) is 3. The van der Waals surface area contributed by atoms with E-state index in [9.17, 15) is 24.4 Å². The summed E-state index contributed by atoms with van der Waals surface area (Å²) in [5, 5.41) is 70.3.